The van der Waals surface area contributed by atoms with E-state index in [0.717, 1.165) is 38.0 Å². The van der Waals surface area contributed by atoms with Crippen molar-refractivity contribution in [1.29, 1.82) is 0 Å². The van der Waals surface area contributed by atoms with Gasteiger partial charge in [-0.25, -0.2) is 0 Å². The van der Waals surface area contributed by atoms with E-state index in [2.05, 4.69) is 4.90 Å². The number of nitrogens with zero attached hydrogens (tertiary/aromatic N) is 3. The number of benzene rings is 1. The van der Waals surface area contributed by atoms with Crippen LogP contribution in [-0.2, 0) is 9.59 Å². The number of hydrogen-bond acceptors (Lipinski definition) is 4. The molecule has 2 saturated heterocycles. The lowest BCUT2D eigenvalue weighted by Gasteiger charge is -2.36. The van der Waals surface area contributed by atoms with Crippen molar-refractivity contribution >= 4 is 41.1 Å². The van der Waals surface area contributed by atoms with Gasteiger partial charge in [0.05, 0.1) is 16.1 Å². The van der Waals surface area contributed by atoms with E-state index in [0.29, 0.717) is 42.6 Å². The first-order valence-electron chi connectivity index (χ1n) is 11.5. The molecule has 2 amide bonds. The number of rotatable bonds is 6. The molecular weight excluding hydrogens is 449 g/mol. The molecule has 1 aromatic rings. The highest BCUT2D eigenvalue weighted by molar-refractivity contribution is 6.42. The zero-order valence-corrected chi connectivity index (χ0v) is 19.8. The molecule has 2 aliphatic heterocycles. The molecule has 8 heteroatoms. The molecule has 0 aromatic heterocycles. The van der Waals surface area contributed by atoms with Gasteiger partial charge in [0.2, 0.25) is 11.8 Å². The Balaban J connectivity index is 1.22. The van der Waals surface area contributed by atoms with Crippen molar-refractivity contribution in [3.63, 3.8) is 0 Å². The average Bonchev–Trinajstić information content (AvgIpc) is 3.58. The topological polar surface area (TPSA) is 64.1 Å². The van der Waals surface area contributed by atoms with E-state index in [1.807, 2.05) is 4.90 Å². The van der Waals surface area contributed by atoms with Crippen LogP contribution in [0, 0.1) is 5.41 Å². The molecule has 4 rings (SSSR count). The summed E-state index contributed by atoms with van der Waals surface area (Å²) in [6, 6.07) is 5.22. The third-order valence-electron chi connectivity index (χ3n) is 7.12. The Hall–Kier alpha value is -1.60. The summed E-state index contributed by atoms with van der Waals surface area (Å²) < 4.78 is 0. The number of aliphatic hydroxyl groups is 1. The van der Waals surface area contributed by atoms with E-state index in [1.54, 1.807) is 29.2 Å². The molecular formula is C24H31Cl2N3O3. The lowest BCUT2D eigenvalue weighted by molar-refractivity contribution is -0.130. The van der Waals surface area contributed by atoms with Gasteiger partial charge in [-0.3, -0.25) is 9.59 Å². The van der Waals surface area contributed by atoms with Crippen molar-refractivity contribution in [2.45, 2.75) is 38.2 Å². The van der Waals surface area contributed by atoms with E-state index in [-0.39, 0.29) is 23.3 Å². The molecule has 1 spiro atoms. The molecule has 3 fully saturated rings. The molecule has 1 unspecified atom stereocenters. The Morgan fingerprint density at radius 2 is 1.91 bits per heavy atom. The number of carbonyl (C=O) groups excluding carboxylic acids is 2. The summed E-state index contributed by atoms with van der Waals surface area (Å²) in [5, 5.41) is 11.3. The van der Waals surface area contributed by atoms with Crippen molar-refractivity contribution < 1.29 is 14.7 Å². The molecule has 32 heavy (non-hydrogen) atoms. The van der Waals surface area contributed by atoms with Gasteiger partial charge in [-0.15, -0.1) is 0 Å². The zero-order valence-electron chi connectivity index (χ0n) is 18.3. The van der Waals surface area contributed by atoms with E-state index < -0.39 is 0 Å². The van der Waals surface area contributed by atoms with Crippen LogP contribution in [0.3, 0.4) is 0 Å². The highest BCUT2D eigenvalue weighted by Crippen LogP contribution is 2.53. The van der Waals surface area contributed by atoms with Crippen LogP contribution in [0.25, 0.3) is 6.08 Å². The smallest absolute Gasteiger partial charge is 0.246 e. The average molecular weight is 480 g/mol. The summed E-state index contributed by atoms with van der Waals surface area (Å²) in [5.74, 6) is -0.00796. The van der Waals surface area contributed by atoms with Crippen molar-refractivity contribution in [2.24, 2.45) is 5.41 Å². The molecule has 174 valence electrons. The van der Waals surface area contributed by atoms with E-state index in [1.165, 1.54) is 18.9 Å². The second kappa shape index (κ2) is 10.1. The van der Waals surface area contributed by atoms with Gasteiger partial charge in [-0.05, 0) is 68.0 Å². The van der Waals surface area contributed by atoms with Crippen molar-refractivity contribution in [3.8, 4) is 0 Å². The lowest BCUT2D eigenvalue weighted by atomic mass is 9.90. The Bertz CT molecular complexity index is 887. The second-order valence-electron chi connectivity index (χ2n) is 9.25. The molecule has 1 aromatic carbocycles. The van der Waals surface area contributed by atoms with Gasteiger partial charge < -0.3 is 19.8 Å². The van der Waals surface area contributed by atoms with Crippen molar-refractivity contribution in [2.75, 3.05) is 45.8 Å². The number of carbonyl (C=O) groups is 2. The van der Waals surface area contributed by atoms with Crippen LogP contribution in [0.15, 0.2) is 24.3 Å². The maximum absolute atomic E-state index is 12.6. The second-order valence-corrected chi connectivity index (χ2v) is 10.1. The lowest BCUT2D eigenvalue weighted by Crippen LogP contribution is -2.46. The Morgan fingerprint density at radius 3 is 2.62 bits per heavy atom. The normalized spacial score (nSPS) is 23.7. The standard InChI is InChI=1S/C24H31Cl2N3O3/c25-19-4-2-18(16-20(19)26)3-5-22(31)29-12-6-23(32)28(14-15-29)11-1-10-27-13-9-24(7-8-24)21(30)17-27/h2-5,16,21,30H,1,6-15,17H2. The van der Waals surface area contributed by atoms with Gasteiger partial charge in [0.1, 0.15) is 0 Å². The molecule has 1 atom stereocenters. The van der Waals surface area contributed by atoms with Gasteiger partial charge in [0, 0.05) is 45.2 Å². The molecule has 2 heterocycles. The first-order valence-corrected chi connectivity index (χ1v) is 12.2. The number of amides is 2. The summed E-state index contributed by atoms with van der Waals surface area (Å²) in [7, 11) is 0. The van der Waals surface area contributed by atoms with Crippen LogP contribution in [0.2, 0.25) is 10.0 Å². The summed E-state index contributed by atoms with van der Waals surface area (Å²) >= 11 is 12.0. The molecule has 0 bridgehead atoms. The minimum absolute atomic E-state index is 0.101. The van der Waals surface area contributed by atoms with Crippen LogP contribution < -0.4 is 0 Å². The van der Waals surface area contributed by atoms with Crippen LogP contribution in [0.5, 0.6) is 0 Å². The van der Waals surface area contributed by atoms with Gasteiger partial charge in [-0.2, -0.15) is 0 Å². The summed E-state index contributed by atoms with van der Waals surface area (Å²) in [6.45, 7) is 4.89. The number of likely N-dealkylation sites (tertiary alicyclic amines) is 1. The number of β-amino-alcohol motifs (C(OH)–C–C–N with tert-alkyl or cyclic N) is 1. The number of aliphatic hydroxyl groups excluding tert-OH is 1. The number of halogens is 2. The van der Waals surface area contributed by atoms with Crippen LogP contribution in [0.1, 0.15) is 37.7 Å². The monoisotopic (exact) mass is 479 g/mol. The maximum Gasteiger partial charge on any atom is 0.246 e. The summed E-state index contributed by atoms with van der Waals surface area (Å²) in [4.78, 5) is 31.1. The molecule has 1 saturated carbocycles. The van der Waals surface area contributed by atoms with E-state index >= 15 is 0 Å². The van der Waals surface area contributed by atoms with Gasteiger partial charge >= 0.3 is 0 Å². The third kappa shape index (κ3) is 5.66. The minimum atomic E-state index is -0.201. The maximum atomic E-state index is 12.6. The highest BCUT2D eigenvalue weighted by atomic mass is 35.5. The molecule has 1 N–H and O–H groups in total. The Kier molecular flexibility index (Phi) is 7.45. The molecule has 1 aliphatic carbocycles. The Labute approximate surface area is 199 Å². The van der Waals surface area contributed by atoms with Gasteiger partial charge in [0.15, 0.2) is 0 Å². The molecule has 3 aliphatic rings. The molecule has 0 radical (unpaired) electrons. The summed E-state index contributed by atoms with van der Waals surface area (Å²) in [6.07, 6.45) is 7.69. The predicted octanol–water partition coefficient (Wildman–Crippen LogP) is 3.30. The summed E-state index contributed by atoms with van der Waals surface area (Å²) in [5.41, 5.74) is 1.03. The van der Waals surface area contributed by atoms with E-state index in [4.69, 9.17) is 23.2 Å². The Morgan fingerprint density at radius 1 is 1.09 bits per heavy atom. The van der Waals surface area contributed by atoms with Crippen LogP contribution >= 0.6 is 23.2 Å². The van der Waals surface area contributed by atoms with Crippen molar-refractivity contribution in [1.82, 2.24) is 14.7 Å². The van der Waals surface area contributed by atoms with Gasteiger partial charge in [-0.1, -0.05) is 29.3 Å². The first kappa shape index (κ1) is 23.6. The van der Waals surface area contributed by atoms with Gasteiger partial charge in [0.25, 0.3) is 0 Å². The SMILES string of the molecule is O=C(C=Cc1ccc(Cl)c(Cl)c1)N1CCC(=O)N(CCCN2CCC3(CC3)C(O)C2)CC1. The van der Waals surface area contributed by atoms with Crippen LogP contribution in [0.4, 0.5) is 0 Å². The predicted molar refractivity (Wildman–Crippen MR) is 127 cm³/mol. The highest BCUT2D eigenvalue weighted by Gasteiger charge is 2.50. The quantitative estimate of drug-likeness (QED) is 0.635. The third-order valence-corrected chi connectivity index (χ3v) is 7.86. The molecule has 6 nitrogen and oxygen atoms in total. The number of piperidine rings is 1. The first-order chi connectivity index (χ1) is 15.4. The minimum Gasteiger partial charge on any atom is -0.391 e. The zero-order chi connectivity index (χ0) is 22.7. The van der Waals surface area contributed by atoms with Crippen molar-refractivity contribution in [3.05, 3.63) is 39.9 Å². The van der Waals surface area contributed by atoms with E-state index in [9.17, 15) is 14.7 Å². The fourth-order valence-electron chi connectivity index (χ4n) is 4.72. The fourth-order valence-corrected chi connectivity index (χ4v) is 5.03. The largest absolute Gasteiger partial charge is 0.391 e. The van der Waals surface area contributed by atoms with Crippen LogP contribution in [-0.4, -0.2) is 83.5 Å². The fraction of sp³-hybridized carbons (Fsp3) is 0.583. The number of hydrogen-bond donors (Lipinski definition) is 1.